The minimum Gasteiger partial charge on any atom is -0.497 e. The van der Waals surface area contributed by atoms with Crippen molar-refractivity contribution in [2.45, 2.75) is 18.8 Å². The Morgan fingerprint density at radius 1 is 1.14 bits per heavy atom. The standard InChI is InChI=1S/C20H20N4O3S/c1-26-15-4-6-16(7-5-15)27-19-18(21-8-9-22-19)14-3-2-10-24(11-14)20(25)17-12-28-13-23-17/h4-9,12-14H,2-3,10-11H2,1H3/t14-/m1/s1. The monoisotopic (exact) mass is 396 g/mol. The summed E-state index contributed by atoms with van der Waals surface area (Å²) in [7, 11) is 1.62. The number of hydrogen-bond acceptors (Lipinski definition) is 7. The third-order valence-corrected chi connectivity index (χ3v) is 5.30. The SMILES string of the molecule is COc1ccc(Oc2nccnc2[C@@H]2CCCN(C(=O)c3cscn3)C2)cc1. The van der Waals surface area contributed by atoms with Crippen LogP contribution in [0, 0.1) is 0 Å². The molecule has 3 heterocycles. The number of carbonyl (C=O) groups excluding carboxylic acids is 1. The van der Waals surface area contributed by atoms with Crippen LogP contribution in [0.4, 0.5) is 0 Å². The fourth-order valence-corrected chi connectivity index (χ4v) is 3.84. The van der Waals surface area contributed by atoms with Crippen molar-refractivity contribution in [2.24, 2.45) is 0 Å². The molecule has 1 fully saturated rings. The van der Waals surface area contributed by atoms with Gasteiger partial charge in [-0.15, -0.1) is 11.3 Å². The predicted molar refractivity (Wildman–Crippen MR) is 105 cm³/mol. The number of aromatic nitrogens is 3. The van der Waals surface area contributed by atoms with Gasteiger partial charge < -0.3 is 14.4 Å². The first kappa shape index (κ1) is 18.4. The molecule has 1 aliphatic rings. The van der Waals surface area contributed by atoms with Crippen molar-refractivity contribution in [1.29, 1.82) is 0 Å². The second-order valence-electron chi connectivity index (χ2n) is 6.49. The summed E-state index contributed by atoms with van der Waals surface area (Å²) in [5.41, 5.74) is 2.95. The lowest BCUT2D eigenvalue weighted by Gasteiger charge is -2.32. The van der Waals surface area contributed by atoms with Gasteiger partial charge in [-0.3, -0.25) is 9.78 Å². The molecule has 1 amide bonds. The molecule has 1 atom stereocenters. The van der Waals surface area contributed by atoms with Crippen molar-refractivity contribution < 1.29 is 14.3 Å². The summed E-state index contributed by atoms with van der Waals surface area (Å²) < 4.78 is 11.2. The van der Waals surface area contributed by atoms with Gasteiger partial charge in [0.1, 0.15) is 22.9 Å². The highest BCUT2D eigenvalue weighted by Crippen LogP contribution is 2.33. The number of ether oxygens (including phenoxy) is 2. The molecule has 2 aromatic heterocycles. The van der Waals surface area contributed by atoms with E-state index in [1.165, 1.54) is 11.3 Å². The zero-order valence-corrected chi connectivity index (χ0v) is 16.3. The van der Waals surface area contributed by atoms with Gasteiger partial charge in [-0.05, 0) is 37.1 Å². The van der Waals surface area contributed by atoms with Gasteiger partial charge in [0.05, 0.1) is 12.6 Å². The molecule has 0 aliphatic carbocycles. The maximum absolute atomic E-state index is 12.7. The summed E-state index contributed by atoms with van der Waals surface area (Å²) in [5.74, 6) is 1.93. The smallest absolute Gasteiger partial charge is 0.273 e. The number of hydrogen-bond donors (Lipinski definition) is 0. The second-order valence-corrected chi connectivity index (χ2v) is 7.21. The Hall–Kier alpha value is -3.00. The van der Waals surface area contributed by atoms with Crippen LogP contribution >= 0.6 is 11.3 Å². The summed E-state index contributed by atoms with van der Waals surface area (Å²) in [4.78, 5) is 27.6. The Labute approximate surface area is 167 Å². The second kappa shape index (κ2) is 8.35. The Balaban J connectivity index is 1.52. The molecule has 1 saturated heterocycles. The minimum atomic E-state index is -0.0348. The number of amides is 1. The average Bonchev–Trinajstić information content (AvgIpc) is 3.29. The van der Waals surface area contributed by atoms with E-state index in [0.29, 0.717) is 23.9 Å². The van der Waals surface area contributed by atoms with Crippen LogP contribution in [-0.2, 0) is 0 Å². The lowest BCUT2D eigenvalue weighted by molar-refractivity contribution is 0.0699. The van der Waals surface area contributed by atoms with Crippen LogP contribution in [0.1, 0.15) is 34.9 Å². The number of piperidine rings is 1. The molecule has 0 radical (unpaired) electrons. The van der Waals surface area contributed by atoms with E-state index in [9.17, 15) is 4.79 Å². The topological polar surface area (TPSA) is 77.4 Å². The number of thiazole rings is 1. The van der Waals surface area contributed by atoms with Crippen molar-refractivity contribution in [3.63, 3.8) is 0 Å². The van der Waals surface area contributed by atoms with Gasteiger partial charge >= 0.3 is 0 Å². The fourth-order valence-electron chi connectivity index (χ4n) is 3.32. The maximum atomic E-state index is 12.7. The highest BCUT2D eigenvalue weighted by atomic mass is 32.1. The Morgan fingerprint density at radius 3 is 2.68 bits per heavy atom. The zero-order valence-electron chi connectivity index (χ0n) is 15.4. The molecule has 0 N–H and O–H groups in total. The fraction of sp³-hybridized carbons (Fsp3) is 0.300. The molecular weight excluding hydrogens is 376 g/mol. The van der Waals surface area contributed by atoms with E-state index in [1.807, 2.05) is 29.2 Å². The third kappa shape index (κ3) is 3.96. The van der Waals surface area contributed by atoms with Gasteiger partial charge in [0.15, 0.2) is 0 Å². The molecular formula is C20H20N4O3S. The molecule has 7 nitrogen and oxygen atoms in total. The van der Waals surface area contributed by atoms with Crippen molar-refractivity contribution >= 4 is 17.2 Å². The summed E-state index contributed by atoms with van der Waals surface area (Å²) in [5, 5.41) is 1.78. The van der Waals surface area contributed by atoms with Crippen LogP contribution in [0.2, 0.25) is 0 Å². The van der Waals surface area contributed by atoms with Gasteiger partial charge in [0.2, 0.25) is 5.88 Å². The predicted octanol–water partition coefficient (Wildman–Crippen LogP) is 3.75. The molecule has 0 saturated carbocycles. The Bertz CT molecular complexity index is 931. The van der Waals surface area contributed by atoms with E-state index in [1.54, 1.807) is 30.4 Å². The third-order valence-electron chi connectivity index (χ3n) is 4.71. The minimum absolute atomic E-state index is 0.0348. The number of carbonyl (C=O) groups is 1. The van der Waals surface area contributed by atoms with Gasteiger partial charge in [0.25, 0.3) is 5.91 Å². The van der Waals surface area contributed by atoms with Crippen molar-refractivity contribution in [3.8, 4) is 17.4 Å². The van der Waals surface area contributed by atoms with Crippen molar-refractivity contribution in [2.75, 3.05) is 20.2 Å². The molecule has 0 spiro atoms. The quantitative estimate of drug-likeness (QED) is 0.654. The number of benzene rings is 1. The highest BCUT2D eigenvalue weighted by Gasteiger charge is 2.29. The largest absolute Gasteiger partial charge is 0.497 e. The van der Waals surface area contributed by atoms with Gasteiger partial charge in [-0.25, -0.2) is 9.97 Å². The Kier molecular flexibility index (Phi) is 5.48. The molecule has 8 heteroatoms. The lowest BCUT2D eigenvalue weighted by Crippen LogP contribution is -2.39. The molecule has 3 aromatic rings. The maximum Gasteiger partial charge on any atom is 0.273 e. The van der Waals surface area contributed by atoms with Crippen LogP contribution in [0.3, 0.4) is 0 Å². The van der Waals surface area contributed by atoms with E-state index < -0.39 is 0 Å². The summed E-state index contributed by atoms with van der Waals surface area (Å²) >= 11 is 1.43. The van der Waals surface area contributed by atoms with E-state index >= 15 is 0 Å². The number of nitrogens with zero attached hydrogens (tertiary/aromatic N) is 4. The van der Waals surface area contributed by atoms with E-state index in [4.69, 9.17) is 9.47 Å². The first-order valence-corrected chi connectivity index (χ1v) is 9.99. The molecule has 0 bridgehead atoms. The molecule has 0 unspecified atom stereocenters. The van der Waals surface area contributed by atoms with Gasteiger partial charge in [0, 0.05) is 36.8 Å². The number of likely N-dealkylation sites (tertiary alicyclic amines) is 1. The van der Waals surface area contributed by atoms with Crippen molar-refractivity contribution in [1.82, 2.24) is 19.9 Å². The average molecular weight is 396 g/mol. The number of methoxy groups -OCH3 is 1. The highest BCUT2D eigenvalue weighted by molar-refractivity contribution is 7.07. The molecule has 1 aliphatic heterocycles. The van der Waals surface area contributed by atoms with E-state index in [0.717, 1.165) is 30.8 Å². The van der Waals surface area contributed by atoms with Gasteiger partial charge in [-0.2, -0.15) is 0 Å². The van der Waals surface area contributed by atoms with E-state index in [-0.39, 0.29) is 11.8 Å². The van der Waals surface area contributed by atoms with E-state index in [2.05, 4.69) is 15.0 Å². The van der Waals surface area contributed by atoms with Crippen LogP contribution in [0.25, 0.3) is 0 Å². The summed E-state index contributed by atoms with van der Waals surface area (Å²) in [6, 6.07) is 7.33. The Morgan fingerprint density at radius 2 is 1.93 bits per heavy atom. The van der Waals surface area contributed by atoms with Crippen molar-refractivity contribution in [3.05, 3.63) is 58.9 Å². The summed E-state index contributed by atoms with van der Waals surface area (Å²) in [6.45, 7) is 1.30. The first-order valence-electron chi connectivity index (χ1n) is 9.05. The van der Waals surface area contributed by atoms with Crippen LogP contribution in [-0.4, -0.2) is 46.0 Å². The van der Waals surface area contributed by atoms with Crippen LogP contribution in [0.5, 0.6) is 17.4 Å². The zero-order chi connectivity index (χ0) is 19.3. The lowest BCUT2D eigenvalue weighted by atomic mass is 9.94. The first-order chi connectivity index (χ1) is 13.7. The number of rotatable bonds is 5. The van der Waals surface area contributed by atoms with Crippen LogP contribution in [0.15, 0.2) is 47.5 Å². The van der Waals surface area contributed by atoms with Gasteiger partial charge in [-0.1, -0.05) is 0 Å². The van der Waals surface area contributed by atoms with Crippen LogP contribution < -0.4 is 9.47 Å². The normalized spacial score (nSPS) is 16.6. The molecule has 4 rings (SSSR count). The molecule has 28 heavy (non-hydrogen) atoms. The summed E-state index contributed by atoms with van der Waals surface area (Å²) in [6.07, 6.45) is 5.11. The molecule has 144 valence electrons. The molecule has 1 aromatic carbocycles.